The molecule has 0 unspecified atom stereocenters. The van der Waals surface area contributed by atoms with Gasteiger partial charge in [0.05, 0.1) is 5.52 Å². The van der Waals surface area contributed by atoms with Crippen molar-refractivity contribution in [1.82, 2.24) is 4.98 Å². The Morgan fingerprint density at radius 1 is 1.05 bits per heavy atom. The molecular formula is C16H13N3O2. The summed E-state index contributed by atoms with van der Waals surface area (Å²) in [5.74, 6) is 0.138. The second-order valence-electron chi connectivity index (χ2n) is 4.57. The quantitative estimate of drug-likeness (QED) is 0.721. The average Bonchev–Trinajstić information content (AvgIpc) is 2.48. The number of hydrogen-bond acceptors (Lipinski definition) is 4. The number of carbonyl (C=O) groups is 1. The third-order valence-corrected chi connectivity index (χ3v) is 3.05. The number of benzene rings is 2. The van der Waals surface area contributed by atoms with Gasteiger partial charge in [0.1, 0.15) is 11.3 Å². The summed E-state index contributed by atoms with van der Waals surface area (Å²) >= 11 is 0. The summed E-state index contributed by atoms with van der Waals surface area (Å²) in [6.45, 7) is 0. The number of nitrogens with two attached hydrogens (primary N) is 2. The monoisotopic (exact) mass is 279 g/mol. The predicted octanol–water partition coefficient (Wildman–Crippen LogP) is 2.71. The molecule has 0 aliphatic rings. The summed E-state index contributed by atoms with van der Waals surface area (Å²) in [5, 5.41) is 0.830. The Labute approximate surface area is 121 Å². The van der Waals surface area contributed by atoms with Crippen molar-refractivity contribution in [2.24, 2.45) is 5.73 Å². The summed E-state index contributed by atoms with van der Waals surface area (Å²) in [4.78, 5) is 16.0. The average molecular weight is 279 g/mol. The van der Waals surface area contributed by atoms with E-state index in [0.717, 1.165) is 10.9 Å². The Hall–Kier alpha value is -3.08. The van der Waals surface area contributed by atoms with Crippen LogP contribution in [0.15, 0.2) is 54.6 Å². The maximum absolute atomic E-state index is 11.6. The third-order valence-electron chi connectivity index (χ3n) is 3.05. The molecule has 0 aliphatic carbocycles. The third kappa shape index (κ3) is 2.62. The number of para-hydroxylation sites is 1. The molecule has 0 spiro atoms. The summed E-state index contributed by atoms with van der Waals surface area (Å²) in [6.07, 6.45) is 0. The Kier molecular flexibility index (Phi) is 3.16. The minimum atomic E-state index is -0.585. The molecular weight excluding hydrogens is 266 g/mol. The first-order valence-corrected chi connectivity index (χ1v) is 6.36. The van der Waals surface area contributed by atoms with Crippen LogP contribution in [0.3, 0.4) is 0 Å². The normalized spacial score (nSPS) is 10.5. The van der Waals surface area contributed by atoms with E-state index in [1.54, 1.807) is 30.3 Å². The van der Waals surface area contributed by atoms with Crippen LogP contribution in [-0.4, -0.2) is 10.9 Å². The Balaban J connectivity index is 2.09. The number of hydrogen-bond donors (Lipinski definition) is 2. The fraction of sp³-hybridized carbons (Fsp3) is 0. The topological polar surface area (TPSA) is 91.2 Å². The van der Waals surface area contributed by atoms with Crippen LogP contribution in [0.1, 0.15) is 10.4 Å². The minimum Gasteiger partial charge on any atom is -0.438 e. The number of fused-ring (bicyclic) bond motifs is 1. The number of primary amides is 1. The van der Waals surface area contributed by atoms with Gasteiger partial charge in [-0.05, 0) is 36.4 Å². The molecule has 0 radical (unpaired) electrons. The van der Waals surface area contributed by atoms with Crippen molar-refractivity contribution in [3.05, 3.63) is 60.2 Å². The SMILES string of the molecule is NC(=O)c1cc2ccccc2nc1Oc1ccc(N)cc1. The van der Waals surface area contributed by atoms with E-state index >= 15 is 0 Å². The smallest absolute Gasteiger partial charge is 0.254 e. The van der Waals surface area contributed by atoms with E-state index in [1.807, 2.05) is 24.3 Å². The molecule has 0 saturated carbocycles. The van der Waals surface area contributed by atoms with E-state index in [0.29, 0.717) is 11.4 Å². The maximum Gasteiger partial charge on any atom is 0.254 e. The standard InChI is InChI=1S/C16H13N3O2/c17-11-5-7-12(8-6-11)21-16-13(15(18)20)9-10-3-1-2-4-14(10)19-16/h1-9H,17H2,(H2,18,20). The number of carbonyl (C=O) groups excluding carboxylic acids is 1. The number of nitrogens with zero attached hydrogens (tertiary/aromatic N) is 1. The van der Waals surface area contributed by atoms with Crippen LogP contribution in [-0.2, 0) is 0 Å². The van der Waals surface area contributed by atoms with Gasteiger partial charge in [-0.25, -0.2) is 4.98 Å². The number of anilines is 1. The van der Waals surface area contributed by atoms with Gasteiger partial charge >= 0.3 is 0 Å². The Bertz CT molecular complexity index is 813. The number of aromatic nitrogens is 1. The Morgan fingerprint density at radius 2 is 1.76 bits per heavy atom. The van der Waals surface area contributed by atoms with Crippen LogP contribution < -0.4 is 16.2 Å². The van der Waals surface area contributed by atoms with Crippen molar-refractivity contribution in [2.75, 3.05) is 5.73 Å². The van der Waals surface area contributed by atoms with Gasteiger partial charge in [0.25, 0.3) is 5.91 Å². The highest BCUT2D eigenvalue weighted by Gasteiger charge is 2.13. The first-order chi connectivity index (χ1) is 10.1. The van der Waals surface area contributed by atoms with Crippen LogP contribution in [0.4, 0.5) is 5.69 Å². The van der Waals surface area contributed by atoms with Gasteiger partial charge in [0.15, 0.2) is 0 Å². The van der Waals surface area contributed by atoms with Crippen molar-refractivity contribution in [2.45, 2.75) is 0 Å². The molecule has 3 aromatic rings. The maximum atomic E-state index is 11.6. The highest BCUT2D eigenvalue weighted by molar-refractivity contribution is 5.98. The second kappa shape index (κ2) is 5.13. The molecule has 0 atom stereocenters. The van der Waals surface area contributed by atoms with Crippen molar-refractivity contribution < 1.29 is 9.53 Å². The van der Waals surface area contributed by atoms with Crippen LogP contribution in [0.5, 0.6) is 11.6 Å². The number of rotatable bonds is 3. The molecule has 0 saturated heterocycles. The van der Waals surface area contributed by atoms with Crippen molar-refractivity contribution in [3.8, 4) is 11.6 Å². The molecule has 1 amide bonds. The molecule has 1 heterocycles. The molecule has 0 fully saturated rings. The largest absolute Gasteiger partial charge is 0.438 e. The Morgan fingerprint density at radius 3 is 2.48 bits per heavy atom. The van der Waals surface area contributed by atoms with Gasteiger partial charge in [-0.2, -0.15) is 0 Å². The van der Waals surface area contributed by atoms with Crippen LogP contribution in [0.25, 0.3) is 10.9 Å². The summed E-state index contributed by atoms with van der Waals surface area (Å²) in [5.41, 5.74) is 12.6. The fourth-order valence-electron chi connectivity index (χ4n) is 2.00. The van der Waals surface area contributed by atoms with Crippen LogP contribution in [0.2, 0.25) is 0 Å². The molecule has 3 rings (SSSR count). The van der Waals surface area contributed by atoms with E-state index in [9.17, 15) is 4.79 Å². The lowest BCUT2D eigenvalue weighted by Crippen LogP contribution is -2.13. The fourth-order valence-corrected chi connectivity index (χ4v) is 2.00. The number of pyridine rings is 1. The van der Waals surface area contributed by atoms with Gasteiger partial charge in [0.2, 0.25) is 5.88 Å². The van der Waals surface area contributed by atoms with Crippen molar-refractivity contribution in [1.29, 1.82) is 0 Å². The highest BCUT2D eigenvalue weighted by Crippen LogP contribution is 2.27. The zero-order chi connectivity index (χ0) is 14.8. The van der Waals surface area contributed by atoms with E-state index in [-0.39, 0.29) is 11.4 Å². The van der Waals surface area contributed by atoms with E-state index in [1.165, 1.54) is 0 Å². The second-order valence-corrected chi connectivity index (χ2v) is 4.57. The van der Waals surface area contributed by atoms with Gasteiger partial charge < -0.3 is 16.2 Å². The highest BCUT2D eigenvalue weighted by atomic mass is 16.5. The summed E-state index contributed by atoms with van der Waals surface area (Å²) in [7, 11) is 0. The van der Waals surface area contributed by atoms with Gasteiger partial charge in [-0.15, -0.1) is 0 Å². The molecule has 5 nitrogen and oxygen atoms in total. The van der Waals surface area contributed by atoms with Crippen molar-refractivity contribution in [3.63, 3.8) is 0 Å². The zero-order valence-corrected chi connectivity index (χ0v) is 11.1. The lowest BCUT2D eigenvalue weighted by atomic mass is 10.1. The predicted molar refractivity (Wildman–Crippen MR) is 81.2 cm³/mol. The lowest BCUT2D eigenvalue weighted by Gasteiger charge is -2.10. The molecule has 0 aliphatic heterocycles. The molecule has 4 N–H and O–H groups in total. The summed E-state index contributed by atoms with van der Waals surface area (Å²) in [6, 6.07) is 15.9. The van der Waals surface area contributed by atoms with E-state index in [2.05, 4.69) is 4.98 Å². The van der Waals surface area contributed by atoms with E-state index in [4.69, 9.17) is 16.2 Å². The number of ether oxygens (including phenoxy) is 1. The number of amides is 1. The van der Waals surface area contributed by atoms with Crippen molar-refractivity contribution >= 4 is 22.5 Å². The molecule has 1 aromatic heterocycles. The first-order valence-electron chi connectivity index (χ1n) is 6.36. The van der Waals surface area contributed by atoms with Crippen LogP contribution >= 0.6 is 0 Å². The van der Waals surface area contributed by atoms with Gasteiger partial charge in [-0.1, -0.05) is 18.2 Å². The van der Waals surface area contributed by atoms with Gasteiger partial charge in [0, 0.05) is 11.1 Å². The molecule has 2 aromatic carbocycles. The molecule has 0 bridgehead atoms. The van der Waals surface area contributed by atoms with Crippen LogP contribution in [0, 0.1) is 0 Å². The molecule has 104 valence electrons. The van der Waals surface area contributed by atoms with Gasteiger partial charge in [-0.3, -0.25) is 4.79 Å². The summed E-state index contributed by atoms with van der Waals surface area (Å²) < 4.78 is 5.67. The minimum absolute atomic E-state index is 0.186. The first kappa shape index (κ1) is 12.9. The molecule has 21 heavy (non-hydrogen) atoms. The molecule has 5 heteroatoms. The number of nitrogen functional groups attached to an aromatic ring is 1. The lowest BCUT2D eigenvalue weighted by molar-refractivity contribution is 0.0997. The van der Waals surface area contributed by atoms with E-state index < -0.39 is 5.91 Å². The zero-order valence-electron chi connectivity index (χ0n) is 11.1.